The van der Waals surface area contributed by atoms with E-state index in [0.29, 0.717) is 12.6 Å². The lowest BCUT2D eigenvalue weighted by Gasteiger charge is -2.41. The fourth-order valence-corrected chi connectivity index (χ4v) is 2.28. The molecule has 78 valence electrons. The number of fused-ring (bicyclic) bond motifs is 1. The number of para-hydroxylation sites is 2. The second-order valence-corrected chi connectivity index (χ2v) is 4.28. The standard InChI is InChI=1S/C12H14N2O/c15-12-8-14(9-4-3-5-9)11-7-2-1-6-10(11)13-12/h1-2,6-7,9H,3-5,8H2,(H,13,15). The Morgan fingerprint density at radius 2 is 2.07 bits per heavy atom. The van der Waals surface area contributed by atoms with E-state index in [9.17, 15) is 4.79 Å². The van der Waals surface area contributed by atoms with Crippen LogP contribution in [0.2, 0.25) is 0 Å². The van der Waals surface area contributed by atoms with Crippen LogP contribution in [0.25, 0.3) is 0 Å². The van der Waals surface area contributed by atoms with Gasteiger partial charge in [-0.15, -0.1) is 0 Å². The summed E-state index contributed by atoms with van der Waals surface area (Å²) in [6.45, 7) is 0.516. The molecule has 0 saturated heterocycles. The number of nitrogens with zero attached hydrogens (tertiary/aromatic N) is 1. The van der Waals surface area contributed by atoms with E-state index < -0.39 is 0 Å². The van der Waals surface area contributed by atoms with Gasteiger partial charge in [0.1, 0.15) is 0 Å². The van der Waals surface area contributed by atoms with Crippen LogP contribution >= 0.6 is 0 Å². The van der Waals surface area contributed by atoms with E-state index in [1.807, 2.05) is 18.2 Å². The van der Waals surface area contributed by atoms with Gasteiger partial charge in [-0.05, 0) is 31.4 Å². The smallest absolute Gasteiger partial charge is 0.243 e. The maximum atomic E-state index is 11.5. The van der Waals surface area contributed by atoms with Gasteiger partial charge in [0, 0.05) is 6.04 Å². The maximum absolute atomic E-state index is 11.5. The molecule has 1 aliphatic carbocycles. The number of anilines is 2. The molecule has 1 aliphatic heterocycles. The zero-order valence-electron chi connectivity index (χ0n) is 8.57. The fraction of sp³-hybridized carbons (Fsp3) is 0.417. The van der Waals surface area contributed by atoms with Gasteiger partial charge in [0.15, 0.2) is 0 Å². The molecule has 1 heterocycles. The first-order valence-electron chi connectivity index (χ1n) is 5.50. The van der Waals surface area contributed by atoms with Gasteiger partial charge < -0.3 is 10.2 Å². The van der Waals surface area contributed by atoms with E-state index >= 15 is 0 Å². The molecule has 0 aromatic heterocycles. The molecule has 0 bridgehead atoms. The maximum Gasteiger partial charge on any atom is 0.243 e. The van der Waals surface area contributed by atoms with E-state index in [4.69, 9.17) is 0 Å². The molecule has 1 fully saturated rings. The van der Waals surface area contributed by atoms with Gasteiger partial charge in [0.25, 0.3) is 0 Å². The molecule has 15 heavy (non-hydrogen) atoms. The minimum atomic E-state index is 0.112. The van der Waals surface area contributed by atoms with Crippen molar-refractivity contribution in [2.24, 2.45) is 0 Å². The highest BCUT2D eigenvalue weighted by Gasteiger charge is 2.30. The first kappa shape index (κ1) is 8.77. The average Bonchev–Trinajstić information content (AvgIpc) is 2.14. The molecule has 0 atom stereocenters. The molecule has 1 saturated carbocycles. The topological polar surface area (TPSA) is 32.3 Å². The third-order valence-corrected chi connectivity index (χ3v) is 3.32. The highest BCUT2D eigenvalue weighted by Crippen LogP contribution is 2.35. The number of hydrogen-bond donors (Lipinski definition) is 1. The van der Waals surface area contributed by atoms with E-state index in [2.05, 4.69) is 16.3 Å². The van der Waals surface area contributed by atoms with Crippen molar-refractivity contribution < 1.29 is 4.79 Å². The van der Waals surface area contributed by atoms with Gasteiger partial charge in [0.2, 0.25) is 5.91 Å². The predicted octanol–water partition coefficient (Wildman–Crippen LogP) is 2.00. The largest absolute Gasteiger partial charge is 0.358 e. The number of carbonyl (C=O) groups is 1. The van der Waals surface area contributed by atoms with Crippen molar-refractivity contribution in [2.75, 3.05) is 16.8 Å². The van der Waals surface area contributed by atoms with Gasteiger partial charge in [0.05, 0.1) is 17.9 Å². The summed E-state index contributed by atoms with van der Waals surface area (Å²) in [6, 6.07) is 8.63. The van der Waals surface area contributed by atoms with Crippen LogP contribution in [0.5, 0.6) is 0 Å². The van der Waals surface area contributed by atoms with Crippen LogP contribution in [0.15, 0.2) is 24.3 Å². The molecule has 3 heteroatoms. The summed E-state index contributed by atoms with van der Waals surface area (Å²) < 4.78 is 0. The Morgan fingerprint density at radius 1 is 1.27 bits per heavy atom. The molecule has 1 aromatic carbocycles. The summed E-state index contributed by atoms with van der Waals surface area (Å²) in [5.41, 5.74) is 2.14. The Balaban J connectivity index is 1.98. The summed E-state index contributed by atoms with van der Waals surface area (Å²) in [5, 5.41) is 2.91. The summed E-state index contributed by atoms with van der Waals surface area (Å²) in [5.74, 6) is 0.112. The van der Waals surface area contributed by atoms with Crippen molar-refractivity contribution in [1.29, 1.82) is 0 Å². The van der Waals surface area contributed by atoms with Crippen molar-refractivity contribution >= 4 is 17.3 Å². The Labute approximate surface area is 89.1 Å². The molecule has 1 amide bonds. The summed E-state index contributed by atoms with van der Waals surface area (Å²) in [6.07, 6.45) is 3.74. The number of amides is 1. The molecule has 3 nitrogen and oxygen atoms in total. The van der Waals surface area contributed by atoms with E-state index in [1.54, 1.807) is 0 Å². The van der Waals surface area contributed by atoms with Crippen LogP contribution in [-0.2, 0) is 4.79 Å². The molecule has 0 spiro atoms. The monoisotopic (exact) mass is 202 g/mol. The number of nitrogens with one attached hydrogen (secondary N) is 1. The Morgan fingerprint density at radius 3 is 2.80 bits per heavy atom. The van der Waals surface area contributed by atoms with Crippen LogP contribution in [0.1, 0.15) is 19.3 Å². The lowest BCUT2D eigenvalue weighted by Crippen LogP contribution is -2.47. The highest BCUT2D eigenvalue weighted by atomic mass is 16.2. The van der Waals surface area contributed by atoms with Crippen LogP contribution < -0.4 is 10.2 Å². The molecule has 0 radical (unpaired) electrons. The molecule has 0 unspecified atom stereocenters. The minimum absolute atomic E-state index is 0.112. The van der Waals surface area contributed by atoms with Crippen molar-refractivity contribution in [2.45, 2.75) is 25.3 Å². The molecule has 1 aromatic rings. The van der Waals surface area contributed by atoms with Crippen LogP contribution in [0.3, 0.4) is 0 Å². The van der Waals surface area contributed by atoms with Crippen LogP contribution in [0.4, 0.5) is 11.4 Å². The number of benzene rings is 1. The van der Waals surface area contributed by atoms with Crippen molar-refractivity contribution in [3.05, 3.63) is 24.3 Å². The molecule has 3 rings (SSSR count). The number of carbonyl (C=O) groups excluding carboxylic acids is 1. The first-order chi connectivity index (χ1) is 7.34. The summed E-state index contributed by atoms with van der Waals surface area (Å²) in [4.78, 5) is 13.8. The predicted molar refractivity (Wildman–Crippen MR) is 60.1 cm³/mol. The summed E-state index contributed by atoms with van der Waals surface area (Å²) in [7, 11) is 0. The average molecular weight is 202 g/mol. The number of rotatable bonds is 1. The molecular weight excluding hydrogens is 188 g/mol. The second kappa shape index (κ2) is 3.26. The van der Waals surface area contributed by atoms with E-state index in [1.165, 1.54) is 24.9 Å². The van der Waals surface area contributed by atoms with Crippen molar-refractivity contribution in [3.8, 4) is 0 Å². The second-order valence-electron chi connectivity index (χ2n) is 4.28. The third kappa shape index (κ3) is 1.39. The van der Waals surface area contributed by atoms with E-state index in [-0.39, 0.29) is 5.91 Å². The molecule has 2 aliphatic rings. The SMILES string of the molecule is O=C1CN(C2CCC2)c2ccccc2N1. The van der Waals surface area contributed by atoms with Gasteiger partial charge in [-0.3, -0.25) is 4.79 Å². The minimum Gasteiger partial charge on any atom is -0.358 e. The van der Waals surface area contributed by atoms with Crippen molar-refractivity contribution in [1.82, 2.24) is 0 Å². The molecular formula is C12H14N2O. The third-order valence-electron chi connectivity index (χ3n) is 3.32. The first-order valence-corrected chi connectivity index (χ1v) is 5.50. The Bertz CT molecular complexity index is 398. The van der Waals surface area contributed by atoms with E-state index in [0.717, 1.165) is 5.69 Å². The lowest BCUT2D eigenvalue weighted by atomic mass is 9.90. The van der Waals surface area contributed by atoms with Crippen LogP contribution in [0, 0.1) is 0 Å². The van der Waals surface area contributed by atoms with Crippen molar-refractivity contribution in [3.63, 3.8) is 0 Å². The zero-order chi connectivity index (χ0) is 10.3. The number of hydrogen-bond acceptors (Lipinski definition) is 2. The highest BCUT2D eigenvalue weighted by molar-refractivity contribution is 6.01. The summed E-state index contributed by atoms with van der Waals surface area (Å²) >= 11 is 0. The fourth-order valence-electron chi connectivity index (χ4n) is 2.28. The zero-order valence-corrected chi connectivity index (χ0v) is 8.57. The van der Waals surface area contributed by atoms with Crippen LogP contribution in [-0.4, -0.2) is 18.5 Å². The Hall–Kier alpha value is -1.51. The lowest BCUT2D eigenvalue weighted by molar-refractivity contribution is -0.115. The van der Waals surface area contributed by atoms with Gasteiger partial charge >= 0.3 is 0 Å². The molecule has 1 N–H and O–H groups in total. The van der Waals surface area contributed by atoms with Gasteiger partial charge in [-0.25, -0.2) is 0 Å². The van der Waals surface area contributed by atoms with Gasteiger partial charge in [-0.1, -0.05) is 12.1 Å². The van der Waals surface area contributed by atoms with Gasteiger partial charge in [-0.2, -0.15) is 0 Å². The quantitative estimate of drug-likeness (QED) is 0.755. The normalized spacial score (nSPS) is 20.5. The Kier molecular flexibility index (Phi) is 1.91.